The first kappa shape index (κ1) is 17.0. The van der Waals surface area contributed by atoms with Gasteiger partial charge in [0.15, 0.2) is 5.78 Å². The lowest BCUT2D eigenvalue weighted by Gasteiger charge is -2.32. The van der Waals surface area contributed by atoms with Crippen LogP contribution in [-0.2, 0) is 4.79 Å². The van der Waals surface area contributed by atoms with Crippen LogP contribution >= 0.6 is 11.6 Å². The van der Waals surface area contributed by atoms with Crippen LogP contribution in [0.15, 0.2) is 47.1 Å². The van der Waals surface area contributed by atoms with Gasteiger partial charge in [0.25, 0.3) is 0 Å². The Kier molecular flexibility index (Phi) is 6.48. The zero-order valence-corrected chi connectivity index (χ0v) is 13.8. The number of halogens is 1. The van der Waals surface area contributed by atoms with Gasteiger partial charge in [0.05, 0.1) is 5.88 Å². The molecule has 1 rings (SSSR count). The largest absolute Gasteiger partial charge is 0.294 e. The topological polar surface area (TPSA) is 17.1 Å². The van der Waals surface area contributed by atoms with Crippen LogP contribution in [0.2, 0.25) is 0 Å². The minimum Gasteiger partial charge on any atom is -0.294 e. The van der Waals surface area contributed by atoms with Crippen LogP contribution < -0.4 is 0 Å². The summed E-state index contributed by atoms with van der Waals surface area (Å²) >= 11 is 5.44. The lowest BCUT2D eigenvalue weighted by atomic mass is 9.72. The second kappa shape index (κ2) is 7.64. The number of ketones is 1. The fourth-order valence-corrected chi connectivity index (χ4v) is 2.72. The summed E-state index contributed by atoms with van der Waals surface area (Å²) in [6.07, 6.45) is 13.3. The van der Waals surface area contributed by atoms with Gasteiger partial charge in [0.2, 0.25) is 0 Å². The second-order valence-electron chi connectivity index (χ2n) is 6.13. The number of hydrogen-bond donors (Lipinski definition) is 0. The highest BCUT2D eigenvalue weighted by Crippen LogP contribution is 2.40. The van der Waals surface area contributed by atoms with Gasteiger partial charge in [0, 0.05) is 0 Å². The normalized spacial score (nSPS) is 20.1. The molecule has 1 aliphatic carbocycles. The van der Waals surface area contributed by atoms with Gasteiger partial charge in [-0.25, -0.2) is 0 Å². The monoisotopic (exact) mass is 292 g/mol. The van der Waals surface area contributed by atoms with E-state index in [1.807, 2.05) is 13.0 Å². The molecular formula is C18H25ClO. The predicted octanol–water partition coefficient (Wildman–Crippen LogP) is 5.38. The van der Waals surface area contributed by atoms with E-state index in [1.165, 1.54) is 36.5 Å². The molecule has 0 N–H and O–H groups in total. The molecule has 0 atom stereocenters. The highest BCUT2D eigenvalue weighted by Gasteiger charge is 2.26. The maximum Gasteiger partial charge on any atom is 0.170 e. The average Bonchev–Trinajstić information content (AvgIpc) is 2.37. The standard InChI is InChI=1S/C18H25ClO/c1-14(7-5-9-16(20)13-19)10-11-17-15(2)8-6-12-18(17,3)4/h5,7,9-11H,6,8,12-13H2,1-4H3/b9-5+,11-10+,14-7+. The third kappa shape index (κ3) is 5.13. The van der Waals surface area contributed by atoms with E-state index in [1.54, 1.807) is 6.08 Å². The Hall–Kier alpha value is -1.08. The molecule has 0 aromatic carbocycles. The summed E-state index contributed by atoms with van der Waals surface area (Å²) < 4.78 is 0. The minimum absolute atomic E-state index is 0.0412. The highest BCUT2D eigenvalue weighted by atomic mass is 35.5. The van der Waals surface area contributed by atoms with E-state index >= 15 is 0 Å². The molecule has 0 saturated heterocycles. The van der Waals surface area contributed by atoms with Crippen LogP contribution in [0.25, 0.3) is 0 Å². The summed E-state index contributed by atoms with van der Waals surface area (Å²) in [6, 6.07) is 0. The van der Waals surface area contributed by atoms with Crippen molar-refractivity contribution in [2.45, 2.75) is 47.0 Å². The molecular weight excluding hydrogens is 268 g/mol. The molecule has 1 nitrogen and oxygen atoms in total. The summed E-state index contributed by atoms with van der Waals surface area (Å²) in [4.78, 5) is 11.1. The van der Waals surface area contributed by atoms with Crippen molar-refractivity contribution in [1.82, 2.24) is 0 Å². The summed E-state index contributed by atoms with van der Waals surface area (Å²) in [5, 5.41) is 0. The molecule has 0 aromatic rings. The van der Waals surface area contributed by atoms with E-state index in [2.05, 4.69) is 32.9 Å². The quantitative estimate of drug-likeness (QED) is 0.378. The maximum absolute atomic E-state index is 11.1. The van der Waals surface area contributed by atoms with Gasteiger partial charge in [-0.05, 0) is 50.2 Å². The highest BCUT2D eigenvalue weighted by molar-refractivity contribution is 6.29. The fourth-order valence-electron chi connectivity index (χ4n) is 2.63. The molecule has 110 valence electrons. The molecule has 0 aromatic heterocycles. The molecule has 2 heteroatoms. The zero-order chi connectivity index (χ0) is 15.2. The minimum atomic E-state index is -0.0633. The molecule has 0 amide bonds. The summed E-state index contributed by atoms with van der Waals surface area (Å²) in [5.74, 6) is -0.0221. The van der Waals surface area contributed by atoms with Crippen molar-refractivity contribution in [2.24, 2.45) is 5.41 Å². The van der Waals surface area contributed by atoms with Gasteiger partial charge in [-0.1, -0.05) is 49.3 Å². The van der Waals surface area contributed by atoms with E-state index in [0.29, 0.717) is 0 Å². The molecule has 0 heterocycles. The Morgan fingerprint density at radius 3 is 2.65 bits per heavy atom. The second-order valence-corrected chi connectivity index (χ2v) is 6.40. The Morgan fingerprint density at radius 1 is 1.35 bits per heavy atom. The molecule has 0 radical (unpaired) electrons. The van der Waals surface area contributed by atoms with E-state index in [4.69, 9.17) is 11.6 Å². The molecule has 20 heavy (non-hydrogen) atoms. The van der Waals surface area contributed by atoms with Crippen LogP contribution in [0, 0.1) is 5.41 Å². The SMILES string of the molecule is CC1=C(/C=C/C(C)=C/C=C/C(=O)CCl)C(C)(C)CCC1. The van der Waals surface area contributed by atoms with Gasteiger partial charge in [-0.2, -0.15) is 0 Å². The first-order chi connectivity index (χ1) is 9.36. The Labute approximate surface area is 128 Å². The first-order valence-corrected chi connectivity index (χ1v) is 7.72. The van der Waals surface area contributed by atoms with Crippen molar-refractivity contribution in [3.63, 3.8) is 0 Å². The van der Waals surface area contributed by atoms with Crippen LogP contribution in [0.3, 0.4) is 0 Å². The molecule has 1 aliphatic rings. The molecule has 0 saturated carbocycles. The van der Waals surface area contributed by atoms with Crippen molar-refractivity contribution in [3.05, 3.63) is 47.1 Å². The Balaban J connectivity index is 2.78. The van der Waals surface area contributed by atoms with Gasteiger partial charge >= 0.3 is 0 Å². The van der Waals surface area contributed by atoms with E-state index in [9.17, 15) is 4.79 Å². The van der Waals surface area contributed by atoms with Gasteiger partial charge in [-0.15, -0.1) is 11.6 Å². The predicted molar refractivity (Wildman–Crippen MR) is 88.1 cm³/mol. The van der Waals surface area contributed by atoms with Crippen molar-refractivity contribution in [2.75, 3.05) is 5.88 Å². The fraction of sp³-hybridized carbons (Fsp3) is 0.500. The van der Waals surface area contributed by atoms with E-state index < -0.39 is 0 Å². The van der Waals surface area contributed by atoms with Crippen LogP contribution in [-0.4, -0.2) is 11.7 Å². The van der Waals surface area contributed by atoms with Crippen molar-refractivity contribution < 1.29 is 4.79 Å². The van der Waals surface area contributed by atoms with Gasteiger partial charge < -0.3 is 0 Å². The number of alkyl halides is 1. The molecule has 0 aliphatic heterocycles. The third-order valence-electron chi connectivity index (χ3n) is 3.83. The molecule has 0 fully saturated rings. The molecule has 0 bridgehead atoms. The van der Waals surface area contributed by atoms with Crippen molar-refractivity contribution >= 4 is 17.4 Å². The zero-order valence-electron chi connectivity index (χ0n) is 13.0. The van der Waals surface area contributed by atoms with E-state index in [-0.39, 0.29) is 17.1 Å². The van der Waals surface area contributed by atoms with Crippen LogP contribution in [0.4, 0.5) is 0 Å². The van der Waals surface area contributed by atoms with E-state index in [0.717, 1.165) is 5.57 Å². The number of carbonyl (C=O) groups excluding carboxylic acids is 1. The summed E-state index contributed by atoms with van der Waals surface area (Å²) in [5.41, 5.74) is 4.35. The Morgan fingerprint density at radius 2 is 2.05 bits per heavy atom. The number of carbonyl (C=O) groups is 1. The summed E-state index contributed by atoms with van der Waals surface area (Å²) in [6.45, 7) is 8.90. The lowest BCUT2D eigenvalue weighted by Crippen LogP contribution is -2.19. The maximum atomic E-state index is 11.1. The average molecular weight is 293 g/mol. The Bertz CT molecular complexity index is 476. The summed E-state index contributed by atoms with van der Waals surface area (Å²) in [7, 11) is 0. The number of hydrogen-bond acceptors (Lipinski definition) is 1. The third-order valence-corrected chi connectivity index (χ3v) is 4.09. The number of allylic oxidation sites excluding steroid dienone is 8. The van der Waals surface area contributed by atoms with Gasteiger partial charge in [0.1, 0.15) is 0 Å². The van der Waals surface area contributed by atoms with Crippen molar-refractivity contribution in [1.29, 1.82) is 0 Å². The smallest absolute Gasteiger partial charge is 0.170 e. The lowest BCUT2D eigenvalue weighted by molar-refractivity contribution is -0.112. The van der Waals surface area contributed by atoms with Gasteiger partial charge in [-0.3, -0.25) is 4.79 Å². The van der Waals surface area contributed by atoms with Crippen LogP contribution in [0.5, 0.6) is 0 Å². The first-order valence-electron chi connectivity index (χ1n) is 7.19. The number of rotatable bonds is 5. The van der Waals surface area contributed by atoms with Crippen LogP contribution in [0.1, 0.15) is 47.0 Å². The van der Waals surface area contributed by atoms with Crippen molar-refractivity contribution in [3.8, 4) is 0 Å². The molecule has 0 unspecified atom stereocenters. The molecule has 0 spiro atoms.